The molecular weight excluding hydrogens is 160 g/mol. The van der Waals surface area contributed by atoms with Gasteiger partial charge in [0, 0.05) is 10.6 Å². The Kier molecular flexibility index (Phi) is 3.03. The van der Waals surface area contributed by atoms with Crippen molar-refractivity contribution in [3.8, 4) is 0 Å². The summed E-state index contributed by atoms with van der Waals surface area (Å²) in [6.45, 7) is 2.11. The highest BCUT2D eigenvalue weighted by molar-refractivity contribution is 7.80. The molecule has 1 heterocycles. The lowest BCUT2D eigenvalue weighted by molar-refractivity contribution is 1.55. The number of aryl methyl sites for hydroxylation is 1. The molecule has 0 saturated carbocycles. The minimum Gasteiger partial charge on any atom is -0.175 e. The molecule has 0 atom stereocenters. The van der Waals surface area contributed by atoms with Gasteiger partial charge in [0.25, 0.3) is 0 Å². The third-order valence-electron chi connectivity index (χ3n) is 1.14. The first-order chi connectivity index (χ1) is 4.83. The monoisotopic (exact) mass is 170 g/mol. The van der Waals surface area contributed by atoms with Gasteiger partial charge in [-0.25, -0.2) is 0 Å². The lowest BCUT2D eigenvalue weighted by atomic mass is 10.3. The standard InChI is InChI=1S/C8H10S2/c1-7-5-8(10-6-7)3-2-4-9/h2-3,5-6,9H,4H2,1H3. The Balaban J connectivity index is 2.67. The Morgan fingerprint density at radius 2 is 2.50 bits per heavy atom. The first-order valence-corrected chi connectivity index (χ1v) is 4.66. The highest BCUT2D eigenvalue weighted by atomic mass is 32.1. The summed E-state index contributed by atoms with van der Waals surface area (Å²) in [5.41, 5.74) is 1.34. The van der Waals surface area contributed by atoms with Gasteiger partial charge < -0.3 is 0 Å². The first kappa shape index (κ1) is 7.89. The van der Waals surface area contributed by atoms with E-state index < -0.39 is 0 Å². The Morgan fingerprint density at radius 1 is 1.70 bits per heavy atom. The number of hydrogen-bond donors (Lipinski definition) is 1. The zero-order valence-electron chi connectivity index (χ0n) is 5.87. The fourth-order valence-corrected chi connectivity index (χ4v) is 1.63. The molecule has 0 aliphatic heterocycles. The molecule has 0 spiro atoms. The van der Waals surface area contributed by atoms with Crippen LogP contribution in [0, 0.1) is 6.92 Å². The molecule has 1 rings (SSSR count). The molecule has 0 aliphatic rings. The van der Waals surface area contributed by atoms with Crippen molar-refractivity contribution in [1.29, 1.82) is 0 Å². The van der Waals surface area contributed by atoms with Crippen molar-refractivity contribution in [2.24, 2.45) is 0 Å². The van der Waals surface area contributed by atoms with Gasteiger partial charge in [0.05, 0.1) is 0 Å². The fourth-order valence-electron chi connectivity index (χ4n) is 0.710. The molecule has 1 aromatic rings. The van der Waals surface area contributed by atoms with E-state index in [4.69, 9.17) is 0 Å². The van der Waals surface area contributed by atoms with Crippen LogP contribution < -0.4 is 0 Å². The van der Waals surface area contributed by atoms with E-state index in [2.05, 4.69) is 37.1 Å². The van der Waals surface area contributed by atoms with Gasteiger partial charge in [-0.05, 0) is 30.0 Å². The summed E-state index contributed by atoms with van der Waals surface area (Å²) in [4.78, 5) is 1.31. The fraction of sp³-hybridized carbons (Fsp3) is 0.250. The summed E-state index contributed by atoms with van der Waals surface area (Å²) in [5.74, 6) is 0.816. The second-order valence-corrected chi connectivity index (χ2v) is 3.42. The van der Waals surface area contributed by atoms with Crippen molar-refractivity contribution in [1.82, 2.24) is 0 Å². The number of thiophene rings is 1. The Labute approximate surface area is 71.0 Å². The van der Waals surface area contributed by atoms with E-state index in [1.165, 1.54) is 10.4 Å². The van der Waals surface area contributed by atoms with Crippen LogP contribution in [0.2, 0.25) is 0 Å². The molecule has 2 heteroatoms. The second-order valence-electron chi connectivity index (χ2n) is 2.11. The van der Waals surface area contributed by atoms with Crippen LogP contribution in [0.3, 0.4) is 0 Å². The topological polar surface area (TPSA) is 0 Å². The average Bonchev–Trinajstić information content (AvgIpc) is 2.31. The van der Waals surface area contributed by atoms with Crippen molar-refractivity contribution in [3.63, 3.8) is 0 Å². The minimum atomic E-state index is 0.816. The summed E-state index contributed by atoms with van der Waals surface area (Å²) in [7, 11) is 0. The molecule has 0 aliphatic carbocycles. The van der Waals surface area contributed by atoms with Gasteiger partial charge in [-0.1, -0.05) is 6.08 Å². The SMILES string of the molecule is Cc1csc(C=CCS)c1. The normalized spacial score (nSPS) is 11.0. The van der Waals surface area contributed by atoms with Crippen LogP contribution in [0.4, 0.5) is 0 Å². The van der Waals surface area contributed by atoms with E-state index in [1.807, 2.05) is 6.08 Å². The second kappa shape index (κ2) is 3.84. The molecule has 0 unspecified atom stereocenters. The van der Waals surface area contributed by atoms with Crippen LogP contribution in [-0.2, 0) is 0 Å². The van der Waals surface area contributed by atoms with Crippen LogP contribution in [-0.4, -0.2) is 5.75 Å². The van der Waals surface area contributed by atoms with Crippen molar-refractivity contribution >= 4 is 30.0 Å². The zero-order valence-corrected chi connectivity index (χ0v) is 7.58. The van der Waals surface area contributed by atoms with E-state index >= 15 is 0 Å². The summed E-state index contributed by atoms with van der Waals surface area (Å²) in [6.07, 6.45) is 4.15. The third kappa shape index (κ3) is 2.20. The van der Waals surface area contributed by atoms with Crippen molar-refractivity contribution < 1.29 is 0 Å². The predicted octanol–water partition coefficient (Wildman–Crippen LogP) is 3.00. The lowest BCUT2D eigenvalue weighted by Crippen LogP contribution is -1.60. The molecule has 0 nitrogen and oxygen atoms in total. The minimum absolute atomic E-state index is 0.816. The maximum absolute atomic E-state index is 4.08. The van der Waals surface area contributed by atoms with Gasteiger partial charge in [0.15, 0.2) is 0 Å². The summed E-state index contributed by atoms with van der Waals surface area (Å²) >= 11 is 5.84. The average molecular weight is 170 g/mol. The van der Waals surface area contributed by atoms with Crippen molar-refractivity contribution in [3.05, 3.63) is 28.0 Å². The molecule has 0 radical (unpaired) electrons. The molecule has 10 heavy (non-hydrogen) atoms. The van der Waals surface area contributed by atoms with Crippen LogP contribution in [0.1, 0.15) is 10.4 Å². The predicted molar refractivity (Wildman–Crippen MR) is 51.9 cm³/mol. The maximum Gasteiger partial charge on any atom is 0.0270 e. The van der Waals surface area contributed by atoms with Gasteiger partial charge >= 0.3 is 0 Å². The smallest absolute Gasteiger partial charge is 0.0270 e. The quantitative estimate of drug-likeness (QED) is 0.648. The van der Waals surface area contributed by atoms with Crippen LogP contribution in [0.25, 0.3) is 6.08 Å². The molecule has 0 aromatic carbocycles. The molecule has 1 aromatic heterocycles. The van der Waals surface area contributed by atoms with Gasteiger partial charge in [-0.15, -0.1) is 11.3 Å². The first-order valence-electron chi connectivity index (χ1n) is 3.15. The highest BCUT2D eigenvalue weighted by Gasteiger charge is 1.88. The Morgan fingerprint density at radius 3 is 3.00 bits per heavy atom. The molecule has 54 valence electrons. The van der Waals surface area contributed by atoms with E-state index in [9.17, 15) is 0 Å². The zero-order chi connectivity index (χ0) is 7.40. The largest absolute Gasteiger partial charge is 0.175 e. The lowest BCUT2D eigenvalue weighted by Gasteiger charge is -1.79. The third-order valence-corrected chi connectivity index (χ3v) is 2.36. The van der Waals surface area contributed by atoms with Gasteiger partial charge in [-0.2, -0.15) is 12.6 Å². The van der Waals surface area contributed by atoms with Crippen LogP contribution >= 0.6 is 24.0 Å². The number of hydrogen-bond acceptors (Lipinski definition) is 2. The summed E-state index contributed by atoms with van der Waals surface area (Å²) < 4.78 is 0. The summed E-state index contributed by atoms with van der Waals surface area (Å²) in [6, 6.07) is 2.17. The van der Waals surface area contributed by atoms with E-state index in [0.717, 1.165) is 5.75 Å². The van der Waals surface area contributed by atoms with Crippen LogP contribution in [0.5, 0.6) is 0 Å². The highest BCUT2D eigenvalue weighted by Crippen LogP contribution is 2.14. The van der Waals surface area contributed by atoms with Crippen molar-refractivity contribution in [2.75, 3.05) is 5.75 Å². The molecule has 0 N–H and O–H groups in total. The molecule has 0 bridgehead atoms. The molecule has 0 saturated heterocycles. The molecule has 0 amide bonds. The van der Waals surface area contributed by atoms with E-state index in [1.54, 1.807) is 11.3 Å². The Hall–Kier alpha value is -0.210. The molecular formula is C8H10S2. The number of thiol groups is 1. The van der Waals surface area contributed by atoms with Crippen molar-refractivity contribution in [2.45, 2.75) is 6.92 Å². The van der Waals surface area contributed by atoms with Gasteiger partial charge in [0.1, 0.15) is 0 Å². The van der Waals surface area contributed by atoms with Gasteiger partial charge in [0.2, 0.25) is 0 Å². The summed E-state index contributed by atoms with van der Waals surface area (Å²) in [5, 5.41) is 2.15. The maximum atomic E-state index is 4.08. The Bertz CT molecular complexity index is 223. The van der Waals surface area contributed by atoms with E-state index in [-0.39, 0.29) is 0 Å². The van der Waals surface area contributed by atoms with E-state index in [0.29, 0.717) is 0 Å². The van der Waals surface area contributed by atoms with Gasteiger partial charge in [-0.3, -0.25) is 0 Å². The number of rotatable bonds is 2. The molecule has 0 fully saturated rings. The van der Waals surface area contributed by atoms with Crippen LogP contribution in [0.15, 0.2) is 17.5 Å².